The van der Waals surface area contributed by atoms with Crippen molar-refractivity contribution in [3.8, 4) is 0 Å². The molecule has 2 saturated carbocycles. The van der Waals surface area contributed by atoms with Gasteiger partial charge in [-0.05, 0) is 90.4 Å². The molecule has 0 aromatic heterocycles. The van der Waals surface area contributed by atoms with Gasteiger partial charge in [0.25, 0.3) is 10.0 Å². The number of carbonyl (C=O) groups is 1. The van der Waals surface area contributed by atoms with E-state index in [9.17, 15) is 13.2 Å². The van der Waals surface area contributed by atoms with Gasteiger partial charge in [0.15, 0.2) is 0 Å². The highest BCUT2D eigenvalue weighted by molar-refractivity contribution is 7.90. The Morgan fingerprint density at radius 2 is 1.69 bits per heavy atom. The van der Waals surface area contributed by atoms with Gasteiger partial charge >= 0.3 is 0 Å². The highest BCUT2D eigenvalue weighted by Crippen LogP contribution is 2.70. The average molecular weight is 555 g/mol. The van der Waals surface area contributed by atoms with Crippen LogP contribution in [0.3, 0.4) is 0 Å². The molecule has 0 bridgehead atoms. The number of amides is 1. The third kappa shape index (κ3) is 6.58. The predicted molar refractivity (Wildman–Crippen MR) is 156 cm³/mol. The lowest BCUT2D eigenvalue weighted by molar-refractivity contribution is -0.120. The summed E-state index contributed by atoms with van der Waals surface area (Å²) < 4.78 is 28.0. The van der Waals surface area contributed by atoms with Gasteiger partial charge < -0.3 is 0 Å². The Kier molecular flexibility index (Phi) is 8.94. The molecule has 2 aliphatic carbocycles. The largest absolute Gasteiger partial charge is 0.296 e. The van der Waals surface area contributed by atoms with Gasteiger partial charge in [0.1, 0.15) is 5.37 Å². The van der Waals surface area contributed by atoms with E-state index < -0.39 is 27.2 Å². The van der Waals surface area contributed by atoms with E-state index in [0.29, 0.717) is 29.1 Å². The van der Waals surface area contributed by atoms with Crippen molar-refractivity contribution in [3.63, 3.8) is 0 Å². The van der Waals surface area contributed by atoms with E-state index >= 15 is 0 Å². The van der Waals surface area contributed by atoms with Crippen LogP contribution in [0.2, 0.25) is 0 Å². The van der Waals surface area contributed by atoms with Crippen LogP contribution in [0.15, 0.2) is 48.5 Å². The molecule has 2 aliphatic rings. The number of fused-ring (bicyclic) bond motifs is 1. The van der Waals surface area contributed by atoms with Gasteiger partial charge in [0, 0.05) is 0 Å². The SMILES string of the molecule is CC(C)Cc1ccc(C(C)C(=O)NS(=O)(=O)C(C)NOCc2ccccc2C2C(C)CCC3C2C3(C)C)cc1. The van der Waals surface area contributed by atoms with E-state index in [1.165, 1.54) is 30.9 Å². The monoisotopic (exact) mass is 554 g/mol. The van der Waals surface area contributed by atoms with Crippen LogP contribution in [0.1, 0.15) is 95.4 Å². The van der Waals surface area contributed by atoms with Crippen molar-refractivity contribution in [1.82, 2.24) is 10.2 Å². The first-order valence-electron chi connectivity index (χ1n) is 14.4. The van der Waals surface area contributed by atoms with Crippen LogP contribution in [0.25, 0.3) is 0 Å². The molecule has 0 aliphatic heterocycles. The number of rotatable bonds is 11. The second-order valence-electron chi connectivity index (χ2n) is 12.9. The summed E-state index contributed by atoms with van der Waals surface area (Å²) >= 11 is 0. The van der Waals surface area contributed by atoms with Gasteiger partial charge in [-0.25, -0.2) is 8.42 Å². The molecular weight excluding hydrogens is 508 g/mol. The topological polar surface area (TPSA) is 84.5 Å². The van der Waals surface area contributed by atoms with Gasteiger partial charge in [-0.3, -0.25) is 14.4 Å². The Morgan fingerprint density at radius 3 is 2.36 bits per heavy atom. The minimum atomic E-state index is -3.98. The maximum atomic E-state index is 12.9. The molecule has 214 valence electrons. The zero-order chi connectivity index (χ0) is 28.5. The van der Waals surface area contributed by atoms with Crippen molar-refractivity contribution in [3.05, 3.63) is 70.8 Å². The molecule has 0 spiro atoms. The second kappa shape index (κ2) is 11.7. The Morgan fingerprint density at radius 1 is 1.03 bits per heavy atom. The lowest BCUT2D eigenvalue weighted by Crippen LogP contribution is -2.45. The number of hydrogen-bond donors (Lipinski definition) is 2. The van der Waals surface area contributed by atoms with Crippen molar-refractivity contribution >= 4 is 15.9 Å². The molecule has 2 aromatic rings. The average Bonchev–Trinajstić information content (AvgIpc) is 3.44. The van der Waals surface area contributed by atoms with Crippen LogP contribution in [0, 0.1) is 29.1 Å². The van der Waals surface area contributed by atoms with Crippen LogP contribution in [-0.4, -0.2) is 19.7 Å². The van der Waals surface area contributed by atoms with Gasteiger partial charge in [-0.2, -0.15) is 5.48 Å². The highest BCUT2D eigenvalue weighted by atomic mass is 32.2. The lowest BCUT2D eigenvalue weighted by Gasteiger charge is -2.31. The molecule has 0 saturated heterocycles. The number of nitrogens with one attached hydrogen (secondary N) is 2. The summed E-state index contributed by atoms with van der Waals surface area (Å²) in [5.41, 5.74) is 7.39. The first-order valence-corrected chi connectivity index (χ1v) is 16.0. The standard InChI is InChI=1S/C32H46N2O4S/c1-20(2)18-24-13-15-25(16-14-24)22(4)31(35)34-39(36,37)23(5)33-38-19-26-10-8-9-11-27(26)29-21(3)12-17-28-30(29)32(28,6)7/h8-11,13-16,20-23,28-30,33H,12,17-19H2,1-7H3,(H,34,35). The summed E-state index contributed by atoms with van der Waals surface area (Å²) in [5.74, 6) is 1.93. The first kappa shape index (κ1) is 29.8. The number of benzene rings is 2. The van der Waals surface area contributed by atoms with E-state index in [1.54, 1.807) is 6.92 Å². The van der Waals surface area contributed by atoms with Crippen molar-refractivity contribution in [2.45, 2.75) is 91.5 Å². The quantitative estimate of drug-likeness (QED) is 0.319. The van der Waals surface area contributed by atoms with Crippen LogP contribution >= 0.6 is 0 Å². The molecule has 39 heavy (non-hydrogen) atoms. The second-order valence-corrected chi connectivity index (χ2v) is 14.9. The molecule has 7 heteroatoms. The highest BCUT2D eigenvalue weighted by Gasteiger charge is 2.63. The number of hydrogen-bond acceptors (Lipinski definition) is 5. The molecule has 6 unspecified atom stereocenters. The molecule has 6 atom stereocenters. The summed E-state index contributed by atoms with van der Waals surface area (Å²) in [4.78, 5) is 18.5. The third-order valence-corrected chi connectivity index (χ3v) is 10.7. The molecular formula is C32H46N2O4S. The van der Waals surface area contributed by atoms with Crippen molar-refractivity contribution < 1.29 is 18.0 Å². The van der Waals surface area contributed by atoms with E-state index in [2.05, 4.69) is 63.0 Å². The molecule has 6 nitrogen and oxygen atoms in total. The predicted octanol–water partition coefficient (Wildman–Crippen LogP) is 6.29. The summed E-state index contributed by atoms with van der Waals surface area (Å²) in [6, 6.07) is 16.2. The van der Waals surface area contributed by atoms with E-state index in [1.807, 2.05) is 30.3 Å². The smallest absolute Gasteiger partial charge is 0.252 e. The van der Waals surface area contributed by atoms with Gasteiger partial charge in [0.05, 0.1) is 12.5 Å². The molecule has 1 amide bonds. The van der Waals surface area contributed by atoms with Crippen molar-refractivity contribution in [2.24, 2.45) is 29.1 Å². The summed E-state index contributed by atoms with van der Waals surface area (Å²) in [5, 5.41) is -1.10. The normalized spacial score (nSPS) is 25.5. The summed E-state index contributed by atoms with van der Waals surface area (Å²) in [6.07, 6.45) is 3.50. The van der Waals surface area contributed by atoms with Gasteiger partial charge in [-0.15, -0.1) is 0 Å². The third-order valence-electron chi connectivity index (χ3n) is 9.19. The minimum Gasteiger partial charge on any atom is -0.296 e. The fraction of sp³-hybridized carbons (Fsp3) is 0.594. The van der Waals surface area contributed by atoms with E-state index in [-0.39, 0.29) is 6.61 Å². The number of hydroxylamine groups is 1. The van der Waals surface area contributed by atoms with E-state index in [0.717, 1.165) is 23.5 Å². The van der Waals surface area contributed by atoms with Crippen LogP contribution in [0.4, 0.5) is 0 Å². The van der Waals surface area contributed by atoms with Crippen LogP contribution < -0.4 is 10.2 Å². The first-order chi connectivity index (χ1) is 18.3. The Hall–Kier alpha value is -2.22. The fourth-order valence-corrected chi connectivity index (χ4v) is 7.53. The number of carbonyl (C=O) groups excluding carboxylic acids is 1. The molecule has 2 aromatic carbocycles. The van der Waals surface area contributed by atoms with Crippen LogP contribution in [-0.2, 0) is 32.7 Å². The van der Waals surface area contributed by atoms with E-state index in [4.69, 9.17) is 4.84 Å². The fourth-order valence-electron chi connectivity index (χ4n) is 6.70. The maximum Gasteiger partial charge on any atom is 0.252 e. The Balaban J connectivity index is 1.34. The summed E-state index contributed by atoms with van der Waals surface area (Å²) in [7, 11) is -3.98. The zero-order valence-corrected chi connectivity index (χ0v) is 25.3. The minimum absolute atomic E-state index is 0.254. The molecule has 0 radical (unpaired) electrons. The number of sulfonamides is 1. The summed E-state index contributed by atoms with van der Waals surface area (Å²) in [6.45, 7) is 14.9. The zero-order valence-electron chi connectivity index (χ0n) is 24.5. The molecule has 4 rings (SSSR count). The Labute approximate surface area is 235 Å². The molecule has 2 N–H and O–H groups in total. The van der Waals surface area contributed by atoms with Crippen molar-refractivity contribution in [1.29, 1.82) is 0 Å². The van der Waals surface area contributed by atoms with Crippen molar-refractivity contribution in [2.75, 3.05) is 0 Å². The van der Waals surface area contributed by atoms with Gasteiger partial charge in [-0.1, -0.05) is 83.1 Å². The van der Waals surface area contributed by atoms with Gasteiger partial charge in [0.2, 0.25) is 5.91 Å². The maximum absolute atomic E-state index is 12.9. The Bertz CT molecular complexity index is 1260. The molecule has 2 fully saturated rings. The molecule has 0 heterocycles. The lowest BCUT2D eigenvalue weighted by atomic mass is 9.74. The van der Waals surface area contributed by atoms with Crippen LogP contribution in [0.5, 0.6) is 0 Å².